The molecule has 2 aromatic carbocycles. The number of nitrogens with one attached hydrogen (secondary N) is 2. The maximum absolute atomic E-state index is 10.3. The number of aliphatic hydroxyl groups excluding tert-OH is 1. The average molecular weight is 406 g/mol. The zero-order chi connectivity index (χ0) is 20.2. The molecule has 0 heterocycles. The first-order valence-corrected chi connectivity index (χ1v) is 9.71. The van der Waals surface area contributed by atoms with Crippen molar-refractivity contribution in [3.63, 3.8) is 0 Å². The fourth-order valence-electron chi connectivity index (χ4n) is 2.47. The Labute approximate surface area is 171 Å². The molecule has 0 bridgehead atoms. The predicted octanol–water partition coefficient (Wildman–Crippen LogP) is 3.87. The molecule has 0 spiro atoms. The van der Waals surface area contributed by atoms with E-state index in [1.807, 2.05) is 31.2 Å². The highest BCUT2D eigenvalue weighted by atomic mass is 35.5. The third-order valence-electron chi connectivity index (χ3n) is 3.88. The second kappa shape index (κ2) is 12.2. The lowest BCUT2D eigenvalue weighted by Crippen LogP contribution is -2.31. The van der Waals surface area contributed by atoms with Gasteiger partial charge in [-0.3, -0.25) is 0 Å². The number of aliphatic hydroxyl groups is 1. The summed E-state index contributed by atoms with van der Waals surface area (Å²) in [6.07, 6.45) is 0.129. The summed E-state index contributed by atoms with van der Waals surface area (Å²) in [5, 5.41) is 17.4. The van der Waals surface area contributed by atoms with Crippen LogP contribution in [0.3, 0.4) is 0 Å². The topological polar surface area (TPSA) is 75.1 Å². The third-order valence-corrected chi connectivity index (χ3v) is 4.13. The lowest BCUT2D eigenvalue weighted by Gasteiger charge is -2.14. The Morgan fingerprint density at radius 3 is 2.68 bits per heavy atom. The molecule has 2 rings (SSSR count). The molecule has 0 saturated heterocycles. The largest absolute Gasteiger partial charge is 0.493 e. The van der Waals surface area contributed by atoms with Gasteiger partial charge in [-0.05, 0) is 36.8 Å². The van der Waals surface area contributed by atoms with Gasteiger partial charge in [0, 0.05) is 43.5 Å². The Bertz CT molecular complexity index is 738. The van der Waals surface area contributed by atoms with E-state index >= 15 is 0 Å². The molecule has 28 heavy (non-hydrogen) atoms. The van der Waals surface area contributed by atoms with Gasteiger partial charge in [0.1, 0.15) is 5.75 Å². The molecular formula is C21H28ClN3O3. The number of rotatable bonds is 10. The number of benzene rings is 2. The van der Waals surface area contributed by atoms with Gasteiger partial charge < -0.3 is 25.2 Å². The molecule has 0 aromatic heterocycles. The minimum absolute atomic E-state index is 0.226. The van der Waals surface area contributed by atoms with Crippen LogP contribution < -0.4 is 15.4 Å². The molecular weight excluding hydrogens is 378 g/mol. The summed E-state index contributed by atoms with van der Waals surface area (Å²) in [7, 11) is 1.68. The second-order valence-corrected chi connectivity index (χ2v) is 6.57. The second-order valence-electron chi connectivity index (χ2n) is 6.13. The molecule has 152 valence electrons. The van der Waals surface area contributed by atoms with Crippen LogP contribution in [-0.4, -0.2) is 44.5 Å². The van der Waals surface area contributed by atoms with Gasteiger partial charge in [0.2, 0.25) is 0 Å². The molecule has 0 radical (unpaired) electrons. The minimum Gasteiger partial charge on any atom is -0.493 e. The molecule has 0 fully saturated rings. The van der Waals surface area contributed by atoms with E-state index in [9.17, 15) is 5.11 Å². The fraction of sp³-hybridized carbons (Fsp3) is 0.381. The minimum atomic E-state index is -0.705. The highest BCUT2D eigenvalue weighted by molar-refractivity contribution is 6.30. The highest BCUT2D eigenvalue weighted by Gasteiger charge is 2.08. The first kappa shape index (κ1) is 22.0. The summed E-state index contributed by atoms with van der Waals surface area (Å²) < 4.78 is 10.7. The first-order chi connectivity index (χ1) is 13.6. The summed E-state index contributed by atoms with van der Waals surface area (Å²) in [4.78, 5) is 4.48. The van der Waals surface area contributed by atoms with Crippen LogP contribution in [0.4, 0.5) is 5.69 Å². The number of guanidine groups is 1. The molecule has 1 unspecified atom stereocenters. The van der Waals surface area contributed by atoms with Gasteiger partial charge >= 0.3 is 0 Å². The van der Waals surface area contributed by atoms with Crippen LogP contribution in [-0.2, 0) is 4.74 Å². The quantitative estimate of drug-likeness (QED) is 0.318. The van der Waals surface area contributed by atoms with E-state index < -0.39 is 6.10 Å². The van der Waals surface area contributed by atoms with Crippen molar-refractivity contribution >= 4 is 23.2 Å². The van der Waals surface area contributed by atoms with Gasteiger partial charge in [-0.15, -0.1) is 0 Å². The Balaban J connectivity index is 1.97. The molecule has 2 aromatic rings. The van der Waals surface area contributed by atoms with E-state index in [2.05, 4.69) is 15.6 Å². The number of methoxy groups -OCH3 is 1. The maximum Gasteiger partial charge on any atom is 0.195 e. The molecule has 0 aliphatic carbocycles. The third kappa shape index (κ3) is 7.76. The van der Waals surface area contributed by atoms with Gasteiger partial charge in [-0.1, -0.05) is 29.8 Å². The van der Waals surface area contributed by atoms with E-state index in [-0.39, 0.29) is 6.54 Å². The van der Waals surface area contributed by atoms with E-state index in [4.69, 9.17) is 21.1 Å². The maximum atomic E-state index is 10.3. The van der Waals surface area contributed by atoms with Crippen molar-refractivity contribution in [3.05, 3.63) is 59.1 Å². The normalized spacial score (nSPS) is 12.5. The number of aliphatic imine (C=N–C) groups is 1. The molecule has 0 saturated carbocycles. The molecule has 0 aliphatic rings. The highest BCUT2D eigenvalue weighted by Crippen LogP contribution is 2.19. The SMILES string of the molecule is CCNC(=NCC(O)c1ccc(Cl)cc1)Nc1cccc(OCCCOC)c1. The van der Waals surface area contributed by atoms with Crippen molar-refractivity contribution in [1.29, 1.82) is 0 Å². The van der Waals surface area contributed by atoms with Gasteiger partial charge in [-0.2, -0.15) is 0 Å². The molecule has 1 atom stereocenters. The predicted molar refractivity (Wildman–Crippen MR) is 114 cm³/mol. The van der Waals surface area contributed by atoms with Gasteiger partial charge in [0.05, 0.1) is 19.3 Å². The number of ether oxygens (including phenoxy) is 2. The lowest BCUT2D eigenvalue weighted by atomic mass is 10.1. The summed E-state index contributed by atoms with van der Waals surface area (Å²) in [5.41, 5.74) is 1.63. The van der Waals surface area contributed by atoms with Crippen LogP contribution in [0, 0.1) is 0 Å². The van der Waals surface area contributed by atoms with Crippen molar-refractivity contribution in [2.75, 3.05) is 38.7 Å². The van der Waals surface area contributed by atoms with Crippen LogP contribution in [0.1, 0.15) is 25.0 Å². The number of hydrogen-bond acceptors (Lipinski definition) is 4. The van der Waals surface area contributed by atoms with Gasteiger partial charge in [0.15, 0.2) is 5.96 Å². The number of nitrogens with zero attached hydrogens (tertiary/aromatic N) is 1. The monoisotopic (exact) mass is 405 g/mol. The van der Waals surface area contributed by atoms with Crippen LogP contribution in [0.15, 0.2) is 53.5 Å². The zero-order valence-electron chi connectivity index (χ0n) is 16.3. The Kier molecular flexibility index (Phi) is 9.62. The number of hydrogen-bond donors (Lipinski definition) is 3. The Hall–Kier alpha value is -2.28. The summed E-state index contributed by atoms with van der Waals surface area (Å²) in [5.74, 6) is 1.37. The van der Waals surface area contributed by atoms with Crippen LogP contribution in [0.25, 0.3) is 0 Å². The van der Waals surface area contributed by atoms with Crippen molar-refractivity contribution in [3.8, 4) is 5.75 Å². The fourth-order valence-corrected chi connectivity index (χ4v) is 2.59. The molecule has 6 nitrogen and oxygen atoms in total. The van der Waals surface area contributed by atoms with Crippen LogP contribution in [0.5, 0.6) is 5.75 Å². The van der Waals surface area contributed by atoms with E-state index in [0.717, 1.165) is 23.4 Å². The molecule has 0 aliphatic heterocycles. The van der Waals surface area contributed by atoms with Crippen LogP contribution in [0.2, 0.25) is 5.02 Å². The molecule has 3 N–H and O–H groups in total. The van der Waals surface area contributed by atoms with Crippen molar-refractivity contribution in [2.45, 2.75) is 19.4 Å². The zero-order valence-corrected chi connectivity index (χ0v) is 17.1. The molecule has 7 heteroatoms. The Morgan fingerprint density at radius 2 is 1.96 bits per heavy atom. The molecule has 0 amide bonds. The van der Waals surface area contributed by atoms with Gasteiger partial charge in [0.25, 0.3) is 0 Å². The number of anilines is 1. The Morgan fingerprint density at radius 1 is 1.18 bits per heavy atom. The van der Waals surface area contributed by atoms with Crippen LogP contribution >= 0.6 is 11.6 Å². The van der Waals surface area contributed by atoms with Crippen molar-refractivity contribution in [1.82, 2.24) is 5.32 Å². The van der Waals surface area contributed by atoms with E-state index in [1.165, 1.54) is 0 Å². The standard InChI is InChI=1S/C21H28ClN3O3/c1-3-23-21(24-15-20(26)16-8-10-17(22)11-9-16)25-18-6-4-7-19(14-18)28-13-5-12-27-2/h4,6-11,14,20,26H,3,5,12-13,15H2,1-2H3,(H2,23,24,25). The van der Waals surface area contributed by atoms with E-state index in [0.29, 0.717) is 30.7 Å². The van der Waals surface area contributed by atoms with Crippen molar-refractivity contribution < 1.29 is 14.6 Å². The lowest BCUT2D eigenvalue weighted by molar-refractivity contribution is 0.172. The summed E-state index contributed by atoms with van der Waals surface area (Å²) >= 11 is 5.89. The summed E-state index contributed by atoms with van der Waals surface area (Å²) in [6.45, 7) is 4.19. The summed E-state index contributed by atoms with van der Waals surface area (Å²) in [6, 6.07) is 14.8. The smallest absolute Gasteiger partial charge is 0.195 e. The van der Waals surface area contributed by atoms with Crippen molar-refractivity contribution in [2.24, 2.45) is 4.99 Å². The first-order valence-electron chi connectivity index (χ1n) is 9.33. The number of halogens is 1. The average Bonchev–Trinajstić information content (AvgIpc) is 2.70. The van der Waals surface area contributed by atoms with E-state index in [1.54, 1.807) is 31.4 Å². The van der Waals surface area contributed by atoms with Gasteiger partial charge in [-0.25, -0.2) is 4.99 Å².